The summed E-state index contributed by atoms with van der Waals surface area (Å²) >= 11 is 0. The van der Waals surface area contributed by atoms with Gasteiger partial charge in [0.25, 0.3) is 0 Å². The van der Waals surface area contributed by atoms with Gasteiger partial charge in [0.05, 0.1) is 6.61 Å². The molecule has 2 heterocycles. The minimum absolute atomic E-state index is 0.231. The topological polar surface area (TPSA) is 61.9 Å². The maximum Gasteiger partial charge on any atom is 0.409 e. The second kappa shape index (κ2) is 9.74. The van der Waals surface area contributed by atoms with Crippen molar-refractivity contribution in [2.24, 2.45) is 0 Å². The van der Waals surface area contributed by atoms with Crippen molar-refractivity contribution >= 4 is 12.0 Å². The molecule has 1 atom stereocenters. The third-order valence-corrected chi connectivity index (χ3v) is 5.58. The highest BCUT2D eigenvalue weighted by Gasteiger charge is 2.37. The summed E-state index contributed by atoms with van der Waals surface area (Å²) in [6.07, 6.45) is 4.05. The molecule has 0 radical (unpaired) electrons. The predicted molar refractivity (Wildman–Crippen MR) is 104 cm³/mol. The molecule has 6 nitrogen and oxygen atoms in total. The Balaban J connectivity index is 1.45. The van der Waals surface area contributed by atoms with Crippen molar-refractivity contribution in [1.29, 1.82) is 0 Å². The second-order valence-electron chi connectivity index (χ2n) is 7.36. The number of nitrogens with one attached hydrogen (secondary N) is 1. The number of ether oxygens (including phenoxy) is 1. The Morgan fingerprint density at radius 3 is 2.63 bits per heavy atom. The molecule has 0 aromatic heterocycles. The van der Waals surface area contributed by atoms with E-state index in [-0.39, 0.29) is 18.0 Å². The van der Waals surface area contributed by atoms with Gasteiger partial charge in [0.1, 0.15) is 0 Å². The van der Waals surface area contributed by atoms with Gasteiger partial charge in [-0.05, 0) is 44.7 Å². The lowest BCUT2D eigenvalue weighted by molar-refractivity contribution is -0.132. The fourth-order valence-corrected chi connectivity index (χ4v) is 4.19. The number of benzene rings is 1. The molecule has 1 N–H and O–H groups in total. The summed E-state index contributed by atoms with van der Waals surface area (Å²) in [7, 11) is 0. The van der Waals surface area contributed by atoms with E-state index in [1.807, 2.05) is 13.0 Å². The monoisotopic (exact) mass is 373 g/mol. The molecule has 1 aromatic rings. The number of piperidine rings is 1. The lowest BCUT2D eigenvalue weighted by Gasteiger charge is -2.39. The van der Waals surface area contributed by atoms with E-state index >= 15 is 0 Å². The number of rotatable bonds is 7. The van der Waals surface area contributed by atoms with E-state index in [0.29, 0.717) is 32.2 Å². The Morgan fingerprint density at radius 1 is 1.19 bits per heavy atom. The highest BCUT2D eigenvalue weighted by molar-refractivity contribution is 5.79. The largest absolute Gasteiger partial charge is 0.450 e. The van der Waals surface area contributed by atoms with Crippen molar-refractivity contribution in [1.82, 2.24) is 15.1 Å². The van der Waals surface area contributed by atoms with Crippen LogP contribution in [0.15, 0.2) is 30.3 Å². The minimum atomic E-state index is -0.231. The van der Waals surface area contributed by atoms with Crippen LogP contribution in [-0.4, -0.2) is 60.1 Å². The molecule has 148 valence electrons. The molecule has 2 amide bonds. The molecular weight excluding hydrogens is 342 g/mol. The third kappa shape index (κ3) is 5.22. The maximum absolute atomic E-state index is 12.5. The lowest BCUT2D eigenvalue weighted by Crippen LogP contribution is -2.50. The molecule has 2 aliphatic heterocycles. The van der Waals surface area contributed by atoms with E-state index in [1.54, 1.807) is 4.90 Å². The predicted octanol–water partition coefficient (Wildman–Crippen LogP) is 2.78. The van der Waals surface area contributed by atoms with Crippen LogP contribution in [0.5, 0.6) is 0 Å². The number of carbonyl (C=O) groups excluding carboxylic acids is 2. The van der Waals surface area contributed by atoms with E-state index in [2.05, 4.69) is 34.5 Å². The van der Waals surface area contributed by atoms with Crippen LogP contribution < -0.4 is 5.32 Å². The van der Waals surface area contributed by atoms with Crippen LogP contribution in [0.3, 0.4) is 0 Å². The fourth-order valence-electron chi connectivity index (χ4n) is 4.19. The highest BCUT2D eigenvalue weighted by Crippen LogP contribution is 2.28. The van der Waals surface area contributed by atoms with Crippen LogP contribution >= 0.6 is 0 Å². The summed E-state index contributed by atoms with van der Waals surface area (Å²) in [5.74, 6) is 0.276. The van der Waals surface area contributed by atoms with E-state index in [1.165, 1.54) is 5.56 Å². The third-order valence-electron chi connectivity index (χ3n) is 5.58. The normalized spacial score (nSPS) is 20.9. The quantitative estimate of drug-likeness (QED) is 0.747. The Labute approximate surface area is 161 Å². The van der Waals surface area contributed by atoms with Crippen LogP contribution in [0.1, 0.15) is 44.6 Å². The number of amides is 2. The smallest absolute Gasteiger partial charge is 0.409 e. The molecule has 1 aromatic carbocycles. The van der Waals surface area contributed by atoms with Gasteiger partial charge < -0.3 is 19.9 Å². The zero-order valence-corrected chi connectivity index (χ0v) is 16.2. The van der Waals surface area contributed by atoms with Crippen molar-refractivity contribution in [3.05, 3.63) is 35.9 Å². The molecule has 27 heavy (non-hydrogen) atoms. The molecule has 2 saturated heterocycles. The summed E-state index contributed by atoms with van der Waals surface area (Å²) < 4.78 is 5.08. The molecule has 0 aliphatic carbocycles. The fraction of sp³-hybridized carbons (Fsp3) is 0.619. The van der Waals surface area contributed by atoms with E-state index in [0.717, 1.165) is 38.8 Å². The van der Waals surface area contributed by atoms with Gasteiger partial charge in [-0.25, -0.2) is 4.79 Å². The standard InChI is InChI=1S/C21H31N3O3/c1-2-27-21(26)23-14-11-19(12-15-23)24-18(8-9-20(24)25)10-13-22-16-17-6-4-3-5-7-17/h3-7,18-19,22H,2,8-16H2,1H3. The zero-order chi connectivity index (χ0) is 19.1. The van der Waals surface area contributed by atoms with Crippen molar-refractivity contribution in [2.75, 3.05) is 26.2 Å². The van der Waals surface area contributed by atoms with Gasteiger partial charge in [0.15, 0.2) is 0 Å². The summed E-state index contributed by atoms with van der Waals surface area (Å²) in [6.45, 7) is 5.34. The van der Waals surface area contributed by atoms with E-state index in [9.17, 15) is 9.59 Å². The molecule has 0 bridgehead atoms. The molecular formula is C21H31N3O3. The molecule has 1 unspecified atom stereocenters. The lowest BCUT2D eigenvalue weighted by atomic mass is 10.0. The number of nitrogens with zero attached hydrogens (tertiary/aromatic N) is 2. The molecule has 3 rings (SSSR count). The van der Waals surface area contributed by atoms with E-state index in [4.69, 9.17) is 4.74 Å². The first-order valence-corrected chi connectivity index (χ1v) is 10.2. The summed E-state index contributed by atoms with van der Waals surface area (Å²) in [6, 6.07) is 10.9. The average molecular weight is 373 g/mol. The van der Waals surface area contributed by atoms with Crippen LogP contribution in [0, 0.1) is 0 Å². The van der Waals surface area contributed by atoms with Gasteiger partial charge in [-0.2, -0.15) is 0 Å². The summed E-state index contributed by atoms with van der Waals surface area (Å²) in [5, 5.41) is 3.50. The van der Waals surface area contributed by atoms with Crippen molar-refractivity contribution in [2.45, 2.75) is 57.7 Å². The first kappa shape index (κ1) is 19.7. The second-order valence-corrected chi connectivity index (χ2v) is 7.36. The Bertz CT molecular complexity index is 614. The zero-order valence-electron chi connectivity index (χ0n) is 16.2. The summed E-state index contributed by atoms with van der Waals surface area (Å²) in [4.78, 5) is 28.2. The van der Waals surface area contributed by atoms with Crippen molar-refractivity contribution in [3.63, 3.8) is 0 Å². The van der Waals surface area contributed by atoms with Gasteiger partial charge in [-0.15, -0.1) is 0 Å². The van der Waals surface area contributed by atoms with Crippen LogP contribution in [0.4, 0.5) is 4.79 Å². The Kier molecular flexibility index (Phi) is 7.10. The average Bonchev–Trinajstić information content (AvgIpc) is 3.07. The van der Waals surface area contributed by atoms with Crippen LogP contribution in [-0.2, 0) is 16.1 Å². The number of carbonyl (C=O) groups is 2. The van der Waals surface area contributed by atoms with E-state index < -0.39 is 0 Å². The van der Waals surface area contributed by atoms with Gasteiger partial charge >= 0.3 is 6.09 Å². The first-order chi connectivity index (χ1) is 13.2. The van der Waals surface area contributed by atoms with Gasteiger partial charge in [0, 0.05) is 38.1 Å². The maximum atomic E-state index is 12.5. The van der Waals surface area contributed by atoms with Gasteiger partial charge in [0.2, 0.25) is 5.91 Å². The number of hydrogen-bond donors (Lipinski definition) is 1. The van der Waals surface area contributed by atoms with Crippen LogP contribution in [0.2, 0.25) is 0 Å². The SMILES string of the molecule is CCOC(=O)N1CCC(N2C(=O)CCC2CCNCc2ccccc2)CC1. The minimum Gasteiger partial charge on any atom is -0.450 e. The Hall–Kier alpha value is -2.08. The number of likely N-dealkylation sites (tertiary alicyclic amines) is 2. The highest BCUT2D eigenvalue weighted by atomic mass is 16.6. The van der Waals surface area contributed by atoms with Gasteiger partial charge in [-0.3, -0.25) is 4.79 Å². The Morgan fingerprint density at radius 2 is 1.93 bits per heavy atom. The van der Waals surface area contributed by atoms with Gasteiger partial charge in [-0.1, -0.05) is 30.3 Å². The molecule has 2 aliphatic rings. The van der Waals surface area contributed by atoms with Crippen LogP contribution in [0.25, 0.3) is 0 Å². The molecule has 0 saturated carbocycles. The molecule has 2 fully saturated rings. The first-order valence-electron chi connectivity index (χ1n) is 10.2. The van der Waals surface area contributed by atoms with Crippen molar-refractivity contribution < 1.29 is 14.3 Å². The molecule has 0 spiro atoms. The molecule has 6 heteroatoms. The summed E-state index contributed by atoms with van der Waals surface area (Å²) in [5.41, 5.74) is 1.28. The number of hydrogen-bond acceptors (Lipinski definition) is 4. The van der Waals surface area contributed by atoms with Crippen molar-refractivity contribution in [3.8, 4) is 0 Å².